The van der Waals surface area contributed by atoms with Gasteiger partial charge in [-0.2, -0.15) is 0 Å². The van der Waals surface area contributed by atoms with Crippen LogP contribution in [0.1, 0.15) is 57.6 Å². The second-order valence-electron chi connectivity index (χ2n) is 6.96. The maximum Gasteiger partial charge on any atom is -0.0143 e. The van der Waals surface area contributed by atoms with Gasteiger partial charge in [0, 0.05) is 0 Å². The summed E-state index contributed by atoms with van der Waals surface area (Å²) in [4.78, 5) is 0. The van der Waals surface area contributed by atoms with Gasteiger partial charge in [-0.3, -0.25) is 0 Å². The second kappa shape index (κ2) is 6.69. The summed E-state index contributed by atoms with van der Waals surface area (Å²) in [5.41, 5.74) is 3.15. The first-order valence-corrected chi connectivity index (χ1v) is 8.95. The van der Waals surface area contributed by atoms with Gasteiger partial charge < -0.3 is 0 Å². The van der Waals surface area contributed by atoms with Crippen LogP contribution in [0.5, 0.6) is 0 Å². The summed E-state index contributed by atoms with van der Waals surface area (Å²) in [5, 5.41) is 6.06. The Hall–Kier alpha value is -1.56. The highest BCUT2D eigenvalue weighted by Crippen LogP contribution is 2.21. The van der Waals surface area contributed by atoms with Crippen molar-refractivity contribution in [3.05, 3.63) is 45.8 Å². The van der Waals surface area contributed by atoms with Gasteiger partial charge in [-0.1, -0.05) is 63.6 Å². The molecule has 1 aliphatic carbocycles. The summed E-state index contributed by atoms with van der Waals surface area (Å²) in [6.07, 6.45) is 12.3. The first-order chi connectivity index (χ1) is 10.7. The maximum atomic E-state index is 2.49. The number of aryl methyl sites for hydroxylation is 2. The van der Waals surface area contributed by atoms with Gasteiger partial charge >= 0.3 is 0 Å². The molecule has 0 amide bonds. The van der Waals surface area contributed by atoms with Gasteiger partial charge in [-0.25, -0.2) is 0 Å². The molecule has 2 aromatic carbocycles. The Balaban J connectivity index is 2.22. The number of hydrogen-bond donors (Lipinski definition) is 0. The molecule has 0 saturated carbocycles. The third-order valence-electron chi connectivity index (χ3n) is 4.94. The highest BCUT2D eigenvalue weighted by Gasteiger charge is 2.11. The van der Waals surface area contributed by atoms with Crippen LogP contribution in [0.2, 0.25) is 0 Å². The molecular weight excluding hydrogens is 264 g/mol. The molecule has 0 atom stereocenters. The molecule has 0 heterocycles. The molecule has 0 radical (unpaired) electrons. The summed E-state index contributed by atoms with van der Waals surface area (Å²) >= 11 is 0. The van der Waals surface area contributed by atoms with Crippen LogP contribution in [0.4, 0.5) is 0 Å². The molecule has 0 bridgehead atoms. The molecular formula is C22H28. The van der Waals surface area contributed by atoms with Gasteiger partial charge in [0.15, 0.2) is 0 Å². The minimum absolute atomic E-state index is 0.799. The minimum atomic E-state index is 0.799. The Labute approximate surface area is 134 Å². The Morgan fingerprint density at radius 1 is 0.909 bits per heavy atom. The normalized spacial score (nSPS) is 13.8. The molecule has 2 aromatic rings. The Morgan fingerprint density at radius 3 is 2.09 bits per heavy atom. The lowest BCUT2D eigenvalue weighted by Crippen LogP contribution is -2.34. The summed E-state index contributed by atoms with van der Waals surface area (Å²) in [6, 6.07) is 9.05. The molecule has 116 valence electrons. The van der Waals surface area contributed by atoms with E-state index in [0.29, 0.717) is 0 Å². The van der Waals surface area contributed by atoms with E-state index in [1.165, 1.54) is 48.1 Å². The van der Waals surface area contributed by atoms with E-state index in [9.17, 15) is 0 Å². The molecule has 0 nitrogen and oxygen atoms in total. The lowest BCUT2D eigenvalue weighted by molar-refractivity contribution is 0.556. The molecule has 0 saturated heterocycles. The highest BCUT2D eigenvalue weighted by atomic mass is 14.2. The van der Waals surface area contributed by atoms with Crippen molar-refractivity contribution in [3.63, 3.8) is 0 Å². The summed E-state index contributed by atoms with van der Waals surface area (Å²) in [6.45, 7) is 6.95. The van der Waals surface area contributed by atoms with Crippen LogP contribution >= 0.6 is 0 Å². The van der Waals surface area contributed by atoms with Crippen molar-refractivity contribution in [2.45, 2.75) is 59.3 Å². The molecule has 0 heteroatoms. The summed E-state index contributed by atoms with van der Waals surface area (Å²) in [7, 11) is 0. The van der Waals surface area contributed by atoms with Gasteiger partial charge in [0.2, 0.25) is 0 Å². The largest absolute Gasteiger partial charge is 0.0761 e. The van der Waals surface area contributed by atoms with E-state index in [4.69, 9.17) is 0 Å². The fourth-order valence-corrected chi connectivity index (χ4v) is 3.88. The fraction of sp³-hybridized carbons (Fsp3) is 0.455. The zero-order chi connectivity index (χ0) is 15.5. The van der Waals surface area contributed by atoms with E-state index in [0.717, 1.165) is 12.3 Å². The van der Waals surface area contributed by atoms with Gasteiger partial charge in [-0.15, -0.1) is 0 Å². The average molecular weight is 292 g/mol. The van der Waals surface area contributed by atoms with Crippen LogP contribution in [0.25, 0.3) is 22.9 Å². The first kappa shape index (κ1) is 15.3. The fourth-order valence-electron chi connectivity index (χ4n) is 3.88. The van der Waals surface area contributed by atoms with Gasteiger partial charge in [0.05, 0.1) is 0 Å². The van der Waals surface area contributed by atoms with Crippen molar-refractivity contribution in [3.8, 4) is 0 Å². The van der Waals surface area contributed by atoms with Crippen LogP contribution in [0.15, 0.2) is 24.3 Å². The molecule has 0 unspecified atom stereocenters. The van der Waals surface area contributed by atoms with Gasteiger partial charge in [0.1, 0.15) is 0 Å². The predicted octanol–water partition coefficient (Wildman–Crippen LogP) is 4.74. The zero-order valence-corrected chi connectivity index (χ0v) is 14.3. The smallest absolute Gasteiger partial charge is 0.0143 e. The third-order valence-corrected chi connectivity index (χ3v) is 4.94. The molecule has 1 aliphatic rings. The van der Waals surface area contributed by atoms with E-state index in [1.807, 2.05) is 0 Å². The Bertz CT molecular complexity index is 778. The second-order valence-corrected chi connectivity index (χ2v) is 6.96. The van der Waals surface area contributed by atoms with Crippen molar-refractivity contribution in [1.82, 2.24) is 0 Å². The zero-order valence-electron chi connectivity index (χ0n) is 14.3. The van der Waals surface area contributed by atoms with E-state index in [2.05, 4.69) is 57.2 Å². The lowest BCUT2D eigenvalue weighted by atomic mass is 9.88. The van der Waals surface area contributed by atoms with E-state index in [1.54, 1.807) is 16.3 Å². The van der Waals surface area contributed by atoms with Crippen LogP contribution in [-0.2, 0) is 12.8 Å². The maximum absolute atomic E-state index is 2.49. The molecule has 0 aliphatic heterocycles. The van der Waals surface area contributed by atoms with E-state index < -0.39 is 0 Å². The molecule has 0 N–H and O–H groups in total. The Morgan fingerprint density at radius 2 is 1.50 bits per heavy atom. The van der Waals surface area contributed by atoms with Crippen LogP contribution in [-0.4, -0.2) is 0 Å². The molecule has 0 aromatic heterocycles. The van der Waals surface area contributed by atoms with Crippen molar-refractivity contribution in [1.29, 1.82) is 0 Å². The SMILES string of the molecule is CCc1c2c(c(CCCC(C)C)c3ccccc13)=CCCC=2. The third kappa shape index (κ3) is 2.84. The number of benzene rings is 2. The topological polar surface area (TPSA) is 0 Å². The average Bonchev–Trinajstić information content (AvgIpc) is 2.54. The van der Waals surface area contributed by atoms with Crippen molar-refractivity contribution in [2.24, 2.45) is 5.92 Å². The van der Waals surface area contributed by atoms with Crippen LogP contribution < -0.4 is 10.4 Å². The minimum Gasteiger partial charge on any atom is -0.0761 e. The highest BCUT2D eigenvalue weighted by molar-refractivity contribution is 5.89. The number of rotatable bonds is 5. The molecule has 3 rings (SSSR count). The summed E-state index contributed by atoms with van der Waals surface area (Å²) in [5.74, 6) is 0.799. The lowest BCUT2D eigenvalue weighted by Gasteiger charge is -2.16. The van der Waals surface area contributed by atoms with Crippen molar-refractivity contribution in [2.75, 3.05) is 0 Å². The van der Waals surface area contributed by atoms with Gasteiger partial charge in [-0.05, 0) is 70.4 Å². The van der Waals surface area contributed by atoms with E-state index >= 15 is 0 Å². The van der Waals surface area contributed by atoms with Gasteiger partial charge in [0.25, 0.3) is 0 Å². The van der Waals surface area contributed by atoms with Crippen molar-refractivity contribution < 1.29 is 0 Å². The molecule has 22 heavy (non-hydrogen) atoms. The Kier molecular flexibility index (Phi) is 4.66. The van der Waals surface area contributed by atoms with E-state index in [-0.39, 0.29) is 0 Å². The molecule has 0 spiro atoms. The number of hydrogen-bond acceptors (Lipinski definition) is 0. The monoisotopic (exact) mass is 292 g/mol. The number of fused-ring (bicyclic) bond motifs is 2. The quantitative estimate of drug-likeness (QED) is 0.747. The summed E-state index contributed by atoms with van der Waals surface area (Å²) < 4.78 is 0. The predicted molar refractivity (Wildman–Crippen MR) is 98.5 cm³/mol. The standard InChI is InChI=1S/C22H28/c1-4-17-18-11-5-7-13-20(18)22(15-9-10-16(2)3)21-14-8-6-12-19(17)21/h5,7,11-14,16H,4,6,8-10,15H2,1-3H3. The van der Waals surface area contributed by atoms with Crippen molar-refractivity contribution >= 4 is 22.9 Å². The first-order valence-electron chi connectivity index (χ1n) is 8.95. The molecule has 0 fully saturated rings. The van der Waals surface area contributed by atoms with Crippen LogP contribution in [0.3, 0.4) is 0 Å². The van der Waals surface area contributed by atoms with Crippen LogP contribution in [0, 0.1) is 5.92 Å².